The van der Waals surface area contributed by atoms with E-state index in [0.717, 1.165) is 22.0 Å². The summed E-state index contributed by atoms with van der Waals surface area (Å²) in [6.07, 6.45) is 0. The smallest absolute Gasteiger partial charge is 0.338 e. The van der Waals surface area contributed by atoms with Crippen LogP contribution < -0.4 is 0 Å². The van der Waals surface area contributed by atoms with Gasteiger partial charge in [0, 0.05) is 5.41 Å². The summed E-state index contributed by atoms with van der Waals surface area (Å²) in [7, 11) is 0. The van der Waals surface area contributed by atoms with E-state index in [4.69, 9.17) is 9.73 Å². The number of thioether (sulfide) groups is 1. The van der Waals surface area contributed by atoms with Crippen LogP contribution in [0.3, 0.4) is 0 Å². The van der Waals surface area contributed by atoms with Crippen molar-refractivity contribution in [3.8, 4) is 0 Å². The molecule has 0 bridgehead atoms. The number of ether oxygens (including phenoxy) is 1. The van der Waals surface area contributed by atoms with Gasteiger partial charge >= 0.3 is 5.97 Å². The highest BCUT2D eigenvalue weighted by Crippen LogP contribution is 2.46. The first-order chi connectivity index (χ1) is 13.2. The Hall–Kier alpha value is -2.79. The van der Waals surface area contributed by atoms with Crippen molar-refractivity contribution < 1.29 is 9.53 Å². The van der Waals surface area contributed by atoms with Gasteiger partial charge in [-0.2, -0.15) is 0 Å². The molecule has 4 nitrogen and oxygen atoms in total. The van der Waals surface area contributed by atoms with Crippen LogP contribution >= 0.6 is 11.8 Å². The number of amidine groups is 1. The number of allylic oxidation sites excluding steroid dienone is 1. The van der Waals surface area contributed by atoms with E-state index < -0.39 is 0 Å². The van der Waals surface area contributed by atoms with Crippen molar-refractivity contribution >= 4 is 28.6 Å². The van der Waals surface area contributed by atoms with E-state index in [1.807, 2.05) is 62.4 Å². The Morgan fingerprint density at radius 3 is 2.44 bits per heavy atom. The van der Waals surface area contributed by atoms with Gasteiger partial charge in [0.25, 0.3) is 0 Å². The molecule has 0 spiro atoms. The molecule has 1 atom stereocenters. The third kappa shape index (κ3) is 3.19. The number of fused-ring (bicyclic) bond motifs is 1. The van der Waals surface area contributed by atoms with Gasteiger partial charge in [-0.3, -0.25) is 0 Å². The highest BCUT2D eigenvalue weighted by molar-refractivity contribution is 8.16. The van der Waals surface area contributed by atoms with Gasteiger partial charge in [0.15, 0.2) is 5.17 Å². The molecule has 0 aliphatic carbocycles. The average molecular weight is 376 g/mol. The summed E-state index contributed by atoms with van der Waals surface area (Å²) in [5.41, 5.74) is 4.48. The molecule has 4 rings (SSSR count). The Bertz CT molecular complexity index is 949. The fourth-order valence-electron chi connectivity index (χ4n) is 3.42. The highest BCUT2D eigenvalue weighted by Gasteiger charge is 2.40. The van der Waals surface area contributed by atoms with Gasteiger partial charge in [0.05, 0.1) is 29.6 Å². The number of carbonyl (C=O) groups excluding carboxylic acids is 1. The molecular weight excluding hydrogens is 356 g/mol. The molecule has 2 aromatic rings. The minimum absolute atomic E-state index is 0.265. The number of aliphatic imine (C=N–C) groups is 1. The van der Waals surface area contributed by atoms with Crippen LogP contribution in [0.25, 0.3) is 5.70 Å². The van der Waals surface area contributed by atoms with Crippen LogP contribution in [0.1, 0.15) is 31.0 Å². The second kappa shape index (κ2) is 7.45. The number of carbonyl (C=O) groups is 1. The normalized spacial score (nSPS) is 18.7. The number of hydrogen-bond acceptors (Lipinski definition) is 5. The lowest BCUT2D eigenvalue weighted by atomic mass is 9.93. The Morgan fingerprint density at radius 1 is 1.11 bits per heavy atom. The zero-order valence-electron chi connectivity index (χ0n) is 15.3. The summed E-state index contributed by atoms with van der Waals surface area (Å²) in [4.78, 5) is 19.7. The maximum atomic E-state index is 12.8. The summed E-state index contributed by atoms with van der Waals surface area (Å²) in [5.74, 6) is -0.309. The van der Waals surface area contributed by atoms with Gasteiger partial charge < -0.3 is 9.64 Å². The molecule has 0 amide bonds. The third-order valence-electron chi connectivity index (χ3n) is 4.61. The van der Waals surface area contributed by atoms with E-state index in [-0.39, 0.29) is 12.0 Å². The van der Waals surface area contributed by atoms with Crippen LogP contribution in [0.15, 0.2) is 82.3 Å². The van der Waals surface area contributed by atoms with Gasteiger partial charge in [-0.15, -0.1) is 0 Å². The van der Waals surface area contributed by atoms with Gasteiger partial charge in [-0.1, -0.05) is 72.4 Å². The summed E-state index contributed by atoms with van der Waals surface area (Å²) < 4.78 is 5.37. The maximum Gasteiger partial charge on any atom is 0.338 e. The quantitative estimate of drug-likeness (QED) is 0.706. The molecule has 2 aromatic carbocycles. The maximum absolute atomic E-state index is 12.8. The van der Waals surface area contributed by atoms with Gasteiger partial charge in [0.1, 0.15) is 0 Å². The van der Waals surface area contributed by atoms with Crippen molar-refractivity contribution in [3.63, 3.8) is 0 Å². The Morgan fingerprint density at radius 2 is 1.78 bits per heavy atom. The van der Waals surface area contributed by atoms with Crippen molar-refractivity contribution in [1.29, 1.82) is 0 Å². The lowest BCUT2D eigenvalue weighted by Crippen LogP contribution is -2.36. The van der Waals surface area contributed by atoms with Crippen LogP contribution in [0, 0.1) is 0 Å². The minimum Gasteiger partial charge on any atom is -0.463 e. The summed E-state index contributed by atoms with van der Waals surface area (Å²) >= 11 is 1.59. The predicted molar refractivity (Wildman–Crippen MR) is 110 cm³/mol. The van der Waals surface area contributed by atoms with Crippen molar-refractivity contribution in [2.45, 2.75) is 19.9 Å². The van der Waals surface area contributed by atoms with E-state index in [0.29, 0.717) is 17.9 Å². The largest absolute Gasteiger partial charge is 0.463 e. The third-order valence-corrected chi connectivity index (χ3v) is 5.45. The summed E-state index contributed by atoms with van der Waals surface area (Å²) in [6.45, 7) is 4.04. The van der Waals surface area contributed by atoms with E-state index in [2.05, 4.69) is 22.4 Å². The van der Waals surface area contributed by atoms with E-state index in [1.165, 1.54) is 0 Å². The zero-order chi connectivity index (χ0) is 18.8. The molecule has 0 aromatic heterocycles. The van der Waals surface area contributed by atoms with E-state index >= 15 is 0 Å². The molecule has 0 saturated carbocycles. The van der Waals surface area contributed by atoms with Crippen molar-refractivity contribution in [2.24, 2.45) is 4.99 Å². The first kappa shape index (κ1) is 17.6. The van der Waals surface area contributed by atoms with Crippen LogP contribution in [0.2, 0.25) is 0 Å². The number of hydrogen-bond donors (Lipinski definition) is 0. The lowest BCUT2D eigenvalue weighted by molar-refractivity contribution is -0.139. The first-order valence-corrected chi connectivity index (χ1v) is 9.81. The Kier molecular flexibility index (Phi) is 4.86. The van der Waals surface area contributed by atoms with Crippen molar-refractivity contribution in [2.75, 3.05) is 6.61 Å². The lowest BCUT2D eigenvalue weighted by Gasteiger charge is -2.36. The predicted octanol–water partition coefficient (Wildman–Crippen LogP) is 4.98. The monoisotopic (exact) mass is 376 g/mol. The fraction of sp³-hybridized carbons (Fsp3) is 0.182. The van der Waals surface area contributed by atoms with Crippen LogP contribution in [0.4, 0.5) is 0 Å². The summed E-state index contributed by atoms with van der Waals surface area (Å²) in [5, 5.41) is 2.99. The van der Waals surface area contributed by atoms with Gasteiger partial charge in [-0.05, 0) is 25.0 Å². The molecule has 136 valence electrons. The van der Waals surface area contributed by atoms with E-state index in [9.17, 15) is 4.79 Å². The highest BCUT2D eigenvalue weighted by atomic mass is 32.2. The molecule has 5 heteroatoms. The molecular formula is C22H20N2O2S. The molecule has 0 N–H and O–H groups in total. The number of esters is 1. The van der Waals surface area contributed by atoms with Crippen molar-refractivity contribution in [1.82, 2.24) is 4.90 Å². The standard InChI is InChI=1S/C22H20N2O2S/c1-3-26-21(25)19-15(2)23-22-24(20(19)17-12-8-5-9-13-17)18(14-27-22)16-10-6-4-7-11-16/h4-14,20H,3H2,1-2H3/t20-/m1/s1. The molecule has 2 aliphatic rings. The topological polar surface area (TPSA) is 41.9 Å². The molecule has 0 radical (unpaired) electrons. The molecule has 0 unspecified atom stereocenters. The molecule has 2 aliphatic heterocycles. The SMILES string of the molecule is CCOC(=O)C1=C(C)N=C2SC=C(c3ccccc3)N2[C@@H]1c1ccccc1. The Balaban J connectivity index is 1.86. The van der Waals surface area contributed by atoms with Crippen LogP contribution in [-0.2, 0) is 9.53 Å². The second-order valence-electron chi connectivity index (χ2n) is 6.28. The number of rotatable bonds is 4. The molecule has 27 heavy (non-hydrogen) atoms. The Labute approximate surface area is 163 Å². The number of benzene rings is 2. The second-order valence-corrected chi connectivity index (χ2v) is 7.12. The minimum atomic E-state index is -0.309. The molecule has 0 fully saturated rings. The zero-order valence-corrected chi connectivity index (χ0v) is 16.1. The van der Waals surface area contributed by atoms with Crippen LogP contribution in [0.5, 0.6) is 0 Å². The van der Waals surface area contributed by atoms with Gasteiger partial charge in [-0.25, -0.2) is 9.79 Å². The van der Waals surface area contributed by atoms with Gasteiger partial charge in [0.2, 0.25) is 0 Å². The van der Waals surface area contributed by atoms with Crippen LogP contribution in [-0.4, -0.2) is 22.6 Å². The average Bonchev–Trinajstić information content (AvgIpc) is 3.11. The number of nitrogens with zero attached hydrogens (tertiary/aromatic N) is 2. The summed E-state index contributed by atoms with van der Waals surface area (Å²) in [6, 6.07) is 20.0. The molecule has 2 heterocycles. The van der Waals surface area contributed by atoms with Crippen molar-refractivity contribution in [3.05, 3.63) is 88.5 Å². The fourth-order valence-corrected chi connectivity index (χ4v) is 4.39. The molecule has 0 saturated heterocycles. The van der Waals surface area contributed by atoms with E-state index in [1.54, 1.807) is 11.8 Å². The first-order valence-electron chi connectivity index (χ1n) is 8.93.